The molecule has 0 spiro atoms. The average molecular weight is 174 g/mol. The first-order valence-electron chi connectivity index (χ1n) is 5.07. The second-order valence-corrected chi connectivity index (χ2v) is 3.15. The molecule has 1 rings (SSSR count). The maximum absolute atomic E-state index is 7.88. The van der Waals surface area contributed by atoms with Crippen molar-refractivity contribution in [2.45, 2.75) is 52.1 Å². The van der Waals surface area contributed by atoms with Crippen molar-refractivity contribution in [2.75, 3.05) is 13.2 Å². The molecular weight excluding hydrogens is 152 g/mol. The van der Waals surface area contributed by atoms with E-state index >= 15 is 0 Å². The van der Waals surface area contributed by atoms with E-state index in [0.717, 1.165) is 13.0 Å². The largest absolute Gasteiger partial charge is 0.396 e. The number of hydrogen-bond acceptors (Lipinski definition) is 2. The van der Waals surface area contributed by atoms with Gasteiger partial charge >= 0.3 is 0 Å². The molecule has 1 saturated heterocycles. The van der Waals surface area contributed by atoms with Crippen LogP contribution >= 0.6 is 0 Å². The molecule has 1 atom stereocenters. The van der Waals surface area contributed by atoms with Crippen LogP contribution in [0.3, 0.4) is 0 Å². The van der Waals surface area contributed by atoms with E-state index in [1.165, 1.54) is 25.7 Å². The molecule has 1 aliphatic heterocycles. The quantitative estimate of drug-likeness (QED) is 0.709. The lowest BCUT2D eigenvalue weighted by Gasteiger charge is -2.25. The highest BCUT2D eigenvalue weighted by atomic mass is 16.5. The van der Waals surface area contributed by atoms with Crippen LogP contribution in [0.2, 0.25) is 0 Å². The number of hydrogen-bond donors (Lipinski definition) is 1. The Morgan fingerprint density at radius 3 is 2.17 bits per heavy atom. The standard InChI is InChI=1S/C7H14O.C3H8O/c1-2-3-4-7-5-6-8-7;1-2-3-4/h7H,2-6H2,1H3;4H,2-3H2,1H3/t7-;/m1./s1. The summed E-state index contributed by atoms with van der Waals surface area (Å²) in [5.41, 5.74) is 0. The van der Waals surface area contributed by atoms with Gasteiger partial charge in [-0.2, -0.15) is 0 Å². The van der Waals surface area contributed by atoms with E-state index in [0.29, 0.717) is 12.7 Å². The third kappa shape index (κ3) is 6.62. The van der Waals surface area contributed by atoms with Crippen LogP contribution in [0.5, 0.6) is 0 Å². The minimum Gasteiger partial charge on any atom is -0.396 e. The molecular formula is C10H22O2. The van der Waals surface area contributed by atoms with Crippen molar-refractivity contribution in [3.63, 3.8) is 0 Å². The zero-order chi connectivity index (χ0) is 9.23. The normalized spacial score (nSPS) is 20.8. The van der Waals surface area contributed by atoms with Crippen LogP contribution in [0.25, 0.3) is 0 Å². The molecule has 1 fully saturated rings. The number of rotatable bonds is 4. The summed E-state index contributed by atoms with van der Waals surface area (Å²) >= 11 is 0. The van der Waals surface area contributed by atoms with Crippen molar-refractivity contribution in [3.05, 3.63) is 0 Å². The average Bonchev–Trinajstić information content (AvgIpc) is 2.03. The van der Waals surface area contributed by atoms with E-state index < -0.39 is 0 Å². The van der Waals surface area contributed by atoms with E-state index in [9.17, 15) is 0 Å². The Hall–Kier alpha value is -0.0800. The second kappa shape index (κ2) is 9.01. The zero-order valence-electron chi connectivity index (χ0n) is 8.38. The fraction of sp³-hybridized carbons (Fsp3) is 1.00. The van der Waals surface area contributed by atoms with Gasteiger partial charge in [0.2, 0.25) is 0 Å². The summed E-state index contributed by atoms with van der Waals surface area (Å²) in [5, 5.41) is 7.88. The monoisotopic (exact) mass is 174 g/mol. The molecule has 2 heteroatoms. The van der Waals surface area contributed by atoms with Gasteiger partial charge in [-0.15, -0.1) is 0 Å². The summed E-state index contributed by atoms with van der Waals surface area (Å²) in [5.74, 6) is 0. The second-order valence-electron chi connectivity index (χ2n) is 3.15. The minimum absolute atomic E-state index is 0.319. The fourth-order valence-corrected chi connectivity index (χ4v) is 0.944. The third-order valence-electron chi connectivity index (χ3n) is 1.90. The number of aliphatic hydroxyl groups is 1. The van der Waals surface area contributed by atoms with Gasteiger partial charge in [0.1, 0.15) is 0 Å². The first-order chi connectivity index (χ1) is 5.85. The highest BCUT2D eigenvalue weighted by Crippen LogP contribution is 2.16. The fourth-order valence-electron chi connectivity index (χ4n) is 0.944. The number of ether oxygens (including phenoxy) is 1. The summed E-state index contributed by atoms with van der Waals surface area (Å²) in [6.45, 7) is 5.48. The third-order valence-corrected chi connectivity index (χ3v) is 1.90. The highest BCUT2D eigenvalue weighted by Gasteiger charge is 2.15. The lowest BCUT2D eigenvalue weighted by molar-refractivity contribution is -0.0553. The van der Waals surface area contributed by atoms with Crippen LogP contribution in [0, 0.1) is 0 Å². The zero-order valence-corrected chi connectivity index (χ0v) is 8.38. The van der Waals surface area contributed by atoms with E-state index in [-0.39, 0.29) is 0 Å². The van der Waals surface area contributed by atoms with Crippen LogP contribution in [0.4, 0.5) is 0 Å². The first-order valence-corrected chi connectivity index (χ1v) is 5.07. The molecule has 0 aliphatic carbocycles. The molecule has 2 nitrogen and oxygen atoms in total. The highest BCUT2D eigenvalue weighted by molar-refractivity contribution is 4.65. The van der Waals surface area contributed by atoms with Gasteiger partial charge in [-0.1, -0.05) is 26.7 Å². The van der Waals surface area contributed by atoms with Crippen LogP contribution in [0.15, 0.2) is 0 Å². The first kappa shape index (κ1) is 11.9. The maximum Gasteiger partial charge on any atom is 0.0597 e. The van der Waals surface area contributed by atoms with Crippen LogP contribution in [-0.2, 0) is 4.74 Å². The summed E-state index contributed by atoms with van der Waals surface area (Å²) < 4.78 is 5.23. The van der Waals surface area contributed by atoms with E-state index in [2.05, 4.69) is 6.92 Å². The lowest BCUT2D eigenvalue weighted by Crippen LogP contribution is -2.26. The van der Waals surface area contributed by atoms with Crippen molar-refractivity contribution in [1.82, 2.24) is 0 Å². The van der Waals surface area contributed by atoms with Crippen molar-refractivity contribution in [3.8, 4) is 0 Å². The summed E-state index contributed by atoms with van der Waals surface area (Å²) in [7, 11) is 0. The van der Waals surface area contributed by atoms with Crippen LogP contribution in [-0.4, -0.2) is 24.4 Å². The topological polar surface area (TPSA) is 29.5 Å². The molecule has 0 aromatic rings. The smallest absolute Gasteiger partial charge is 0.0597 e. The van der Waals surface area contributed by atoms with Gasteiger partial charge in [0.25, 0.3) is 0 Å². The molecule has 0 radical (unpaired) electrons. The molecule has 1 N–H and O–H groups in total. The Labute approximate surface area is 75.9 Å². The predicted molar refractivity (Wildman–Crippen MR) is 51.3 cm³/mol. The Morgan fingerprint density at radius 1 is 1.33 bits per heavy atom. The van der Waals surface area contributed by atoms with E-state index in [1.807, 2.05) is 6.92 Å². The van der Waals surface area contributed by atoms with Crippen molar-refractivity contribution >= 4 is 0 Å². The number of aliphatic hydroxyl groups excluding tert-OH is 1. The van der Waals surface area contributed by atoms with Gasteiger partial charge in [-0.3, -0.25) is 0 Å². The molecule has 0 unspecified atom stereocenters. The van der Waals surface area contributed by atoms with Crippen LogP contribution in [0.1, 0.15) is 46.0 Å². The molecule has 12 heavy (non-hydrogen) atoms. The van der Waals surface area contributed by atoms with Gasteiger partial charge in [-0.05, 0) is 19.3 Å². The molecule has 1 heterocycles. The van der Waals surface area contributed by atoms with E-state index in [4.69, 9.17) is 9.84 Å². The molecule has 0 amide bonds. The number of unbranched alkanes of at least 4 members (excludes halogenated alkanes) is 1. The SMILES string of the molecule is CCCC[C@@H]1CCO1.CCCO. The summed E-state index contributed by atoms with van der Waals surface area (Å²) in [4.78, 5) is 0. The predicted octanol–water partition coefficient (Wildman–Crippen LogP) is 2.35. The van der Waals surface area contributed by atoms with Crippen molar-refractivity contribution in [1.29, 1.82) is 0 Å². The Bertz CT molecular complexity index is 77.9. The van der Waals surface area contributed by atoms with Gasteiger partial charge < -0.3 is 9.84 Å². The lowest BCUT2D eigenvalue weighted by atomic mass is 10.1. The van der Waals surface area contributed by atoms with Crippen molar-refractivity contribution in [2.24, 2.45) is 0 Å². The van der Waals surface area contributed by atoms with E-state index in [1.54, 1.807) is 0 Å². The van der Waals surface area contributed by atoms with Crippen LogP contribution < -0.4 is 0 Å². The van der Waals surface area contributed by atoms with Gasteiger partial charge in [0, 0.05) is 13.2 Å². The minimum atomic E-state index is 0.319. The molecule has 0 bridgehead atoms. The molecule has 0 aromatic carbocycles. The Kier molecular flexibility index (Phi) is 8.95. The summed E-state index contributed by atoms with van der Waals surface area (Å²) in [6.07, 6.45) is 6.75. The molecule has 74 valence electrons. The maximum atomic E-state index is 7.88. The van der Waals surface area contributed by atoms with Gasteiger partial charge in [0.15, 0.2) is 0 Å². The molecule has 0 saturated carbocycles. The van der Waals surface area contributed by atoms with Crippen molar-refractivity contribution < 1.29 is 9.84 Å². The summed E-state index contributed by atoms with van der Waals surface area (Å²) in [6, 6.07) is 0. The molecule has 1 aliphatic rings. The van der Waals surface area contributed by atoms with Gasteiger partial charge in [-0.25, -0.2) is 0 Å². The Morgan fingerprint density at radius 2 is 1.92 bits per heavy atom. The van der Waals surface area contributed by atoms with Gasteiger partial charge in [0.05, 0.1) is 6.10 Å². The molecule has 0 aromatic heterocycles. The Balaban J connectivity index is 0.000000261.